The van der Waals surface area contributed by atoms with Crippen LogP contribution in [-0.2, 0) is 9.53 Å². The van der Waals surface area contributed by atoms with E-state index < -0.39 is 5.97 Å². The molecule has 0 aromatic heterocycles. The predicted octanol–water partition coefficient (Wildman–Crippen LogP) is 2.36. The van der Waals surface area contributed by atoms with Crippen molar-refractivity contribution in [3.63, 3.8) is 0 Å². The molecule has 3 nitrogen and oxygen atoms in total. The molecule has 1 aromatic rings. The van der Waals surface area contributed by atoms with Crippen LogP contribution in [-0.4, -0.2) is 18.9 Å². The maximum absolute atomic E-state index is 11.5. The van der Waals surface area contributed by atoms with Crippen molar-refractivity contribution in [2.45, 2.75) is 0 Å². The first-order chi connectivity index (χ1) is 7.13. The van der Waals surface area contributed by atoms with Crippen molar-refractivity contribution in [3.05, 3.63) is 46.5 Å². The van der Waals surface area contributed by atoms with E-state index >= 15 is 0 Å². The molecule has 1 rings (SSSR count). The minimum Gasteiger partial charge on any atom is -0.466 e. The number of methoxy groups -OCH3 is 1. The molecule has 0 atom stereocenters. The molecular weight excluding hydrogens is 260 g/mol. The number of carbonyl (C=O) groups excluding carboxylic acids is 2. The van der Waals surface area contributed by atoms with Gasteiger partial charge in [-0.1, -0.05) is 15.9 Å². The smallest absolute Gasteiger partial charge is 0.330 e. The zero-order chi connectivity index (χ0) is 11.3. The number of ketones is 1. The average Bonchev–Trinajstić information content (AvgIpc) is 2.26. The highest BCUT2D eigenvalue weighted by atomic mass is 79.9. The lowest BCUT2D eigenvalue weighted by Gasteiger charge is -1.95. The molecule has 0 saturated carbocycles. The molecule has 0 amide bonds. The third-order valence-electron chi connectivity index (χ3n) is 1.70. The number of ether oxygens (including phenoxy) is 1. The SMILES string of the molecule is COC(=O)C=CC(=O)c1ccc(Br)cc1. The van der Waals surface area contributed by atoms with E-state index in [-0.39, 0.29) is 5.78 Å². The molecule has 0 aliphatic heterocycles. The summed E-state index contributed by atoms with van der Waals surface area (Å²) in [5, 5.41) is 0. The molecule has 0 saturated heterocycles. The monoisotopic (exact) mass is 268 g/mol. The van der Waals surface area contributed by atoms with Crippen molar-refractivity contribution < 1.29 is 14.3 Å². The van der Waals surface area contributed by atoms with Crippen LogP contribution in [0.3, 0.4) is 0 Å². The van der Waals surface area contributed by atoms with Gasteiger partial charge in [0.05, 0.1) is 7.11 Å². The quantitative estimate of drug-likeness (QED) is 0.480. The summed E-state index contributed by atoms with van der Waals surface area (Å²) in [6, 6.07) is 6.88. The normalized spacial score (nSPS) is 10.3. The van der Waals surface area contributed by atoms with Gasteiger partial charge in [-0.15, -0.1) is 0 Å². The second-order valence-electron chi connectivity index (χ2n) is 2.73. The minimum atomic E-state index is -0.541. The van der Waals surface area contributed by atoms with Gasteiger partial charge in [0.25, 0.3) is 0 Å². The Kier molecular flexibility index (Phi) is 4.24. The zero-order valence-electron chi connectivity index (χ0n) is 8.07. The Labute approximate surface area is 95.9 Å². The topological polar surface area (TPSA) is 43.4 Å². The molecule has 0 aliphatic carbocycles. The first kappa shape index (κ1) is 11.7. The predicted molar refractivity (Wildman–Crippen MR) is 59.6 cm³/mol. The van der Waals surface area contributed by atoms with E-state index in [1.165, 1.54) is 13.2 Å². The van der Waals surface area contributed by atoms with E-state index in [4.69, 9.17) is 0 Å². The van der Waals surface area contributed by atoms with E-state index in [0.717, 1.165) is 10.5 Å². The number of benzene rings is 1. The van der Waals surface area contributed by atoms with Gasteiger partial charge >= 0.3 is 5.97 Å². The van der Waals surface area contributed by atoms with Crippen molar-refractivity contribution in [2.75, 3.05) is 7.11 Å². The fraction of sp³-hybridized carbons (Fsp3) is 0.0909. The summed E-state index contributed by atoms with van der Waals surface area (Å²) < 4.78 is 5.27. The van der Waals surface area contributed by atoms with Crippen LogP contribution < -0.4 is 0 Å². The lowest BCUT2D eigenvalue weighted by atomic mass is 10.1. The Morgan fingerprint density at radius 2 is 1.80 bits per heavy atom. The number of allylic oxidation sites excluding steroid dienone is 1. The second-order valence-corrected chi connectivity index (χ2v) is 3.64. The highest BCUT2D eigenvalue weighted by Gasteiger charge is 2.01. The van der Waals surface area contributed by atoms with Crippen molar-refractivity contribution >= 4 is 27.7 Å². The maximum atomic E-state index is 11.5. The molecule has 0 unspecified atom stereocenters. The number of hydrogen-bond donors (Lipinski definition) is 0. The number of halogens is 1. The summed E-state index contributed by atoms with van der Waals surface area (Å²) in [6.45, 7) is 0. The van der Waals surface area contributed by atoms with Gasteiger partial charge in [0.2, 0.25) is 0 Å². The summed E-state index contributed by atoms with van der Waals surface area (Å²) in [5.74, 6) is -0.770. The second kappa shape index (κ2) is 5.46. The molecule has 4 heteroatoms. The fourth-order valence-electron chi connectivity index (χ4n) is 0.922. The van der Waals surface area contributed by atoms with E-state index in [1.54, 1.807) is 24.3 Å². The first-order valence-electron chi connectivity index (χ1n) is 4.19. The molecule has 0 spiro atoms. The van der Waals surface area contributed by atoms with E-state index in [1.807, 2.05) is 0 Å². The number of carbonyl (C=O) groups is 2. The Bertz CT molecular complexity index is 393. The molecule has 78 valence electrons. The Hall–Kier alpha value is -1.42. The van der Waals surface area contributed by atoms with Gasteiger partial charge in [0, 0.05) is 16.1 Å². The summed E-state index contributed by atoms with van der Waals surface area (Å²) in [6.07, 6.45) is 2.29. The Balaban J connectivity index is 2.73. The van der Waals surface area contributed by atoms with Crippen molar-refractivity contribution in [3.8, 4) is 0 Å². The summed E-state index contributed by atoms with van der Waals surface area (Å²) in [4.78, 5) is 22.2. The lowest BCUT2D eigenvalue weighted by molar-refractivity contribution is -0.134. The summed E-state index contributed by atoms with van der Waals surface area (Å²) >= 11 is 3.26. The van der Waals surface area contributed by atoms with Crippen LogP contribution in [0, 0.1) is 0 Å². The molecule has 0 fully saturated rings. The van der Waals surface area contributed by atoms with Crippen molar-refractivity contribution in [1.29, 1.82) is 0 Å². The summed E-state index contributed by atoms with van der Waals surface area (Å²) in [5.41, 5.74) is 0.526. The van der Waals surface area contributed by atoms with Gasteiger partial charge in [0.15, 0.2) is 5.78 Å². The van der Waals surface area contributed by atoms with E-state index in [9.17, 15) is 9.59 Å². The molecular formula is C11H9BrO3. The van der Waals surface area contributed by atoms with Crippen LogP contribution in [0.2, 0.25) is 0 Å². The first-order valence-corrected chi connectivity index (χ1v) is 4.98. The molecule has 15 heavy (non-hydrogen) atoms. The lowest BCUT2D eigenvalue weighted by Crippen LogP contribution is -1.98. The molecule has 0 N–H and O–H groups in total. The van der Waals surface area contributed by atoms with Gasteiger partial charge in [-0.3, -0.25) is 4.79 Å². The van der Waals surface area contributed by atoms with Gasteiger partial charge in [-0.2, -0.15) is 0 Å². The van der Waals surface area contributed by atoms with Crippen molar-refractivity contribution in [1.82, 2.24) is 0 Å². The van der Waals surface area contributed by atoms with Crippen LogP contribution in [0.5, 0.6) is 0 Å². The third-order valence-corrected chi connectivity index (χ3v) is 2.23. The molecule has 0 radical (unpaired) electrons. The van der Waals surface area contributed by atoms with E-state index in [2.05, 4.69) is 20.7 Å². The zero-order valence-corrected chi connectivity index (χ0v) is 9.65. The van der Waals surface area contributed by atoms with Crippen LogP contribution in [0.4, 0.5) is 0 Å². The Morgan fingerprint density at radius 3 is 2.33 bits per heavy atom. The van der Waals surface area contributed by atoms with Crippen LogP contribution in [0.1, 0.15) is 10.4 Å². The minimum absolute atomic E-state index is 0.229. The number of rotatable bonds is 3. The van der Waals surface area contributed by atoms with Crippen molar-refractivity contribution in [2.24, 2.45) is 0 Å². The number of hydrogen-bond acceptors (Lipinski definition) is 3. The summed E-state index contributed by atoms with van der Waals surface area (Å²) in [7, 11) is 1.26. The van der Waals surface area contributed by atoms with Gasteiger partial charge in [-0.05, 0) is 30.3 Å². The largest absolute Gasteiger partial charge is 0.466 e. The van der Waals surface area contributed by atoms with Gasteiger partial charge in [0.1, 0.15) is 0 Å². The highest BCUT2D eigenvalue weighted by molar-refractivity contribution is 9.10. The van der Waals surface area contributed by atoms with Gasteiger partial charge < -0.3 is 4.74 Å². The average molecular weight is 269 g/mol. The van der Waals surface area contributed by atoms with Crippen LogP contribution in [0.15, 0.2) is 40.9 Å². The Morgan fingerprint density at radius 1 is 1.20 bits per heavy atom. The highest BCUT2D eigenvalue weighted by Crippen LogP contribution is 2.11. The molecule has 0 bridgehead atoms. The standard InChI is InChI=1S/C11H9BrO3/c1-15-11(14)7-6-10(13)8-2-4-9(12)5-3-8/h2-7H,1H3. The third kappa shape index (κ3) is 3.67. The van der Waals surface area contributed by atoms with E-state index in [0.29, 0.717) is 5.56 Å². The molecule has 0 aliphatic rings. The maximum Gasteiger partial charge on any atom is 0.330 e. The van der Waals surface area contributed by atoms with Gasteiger partial charge in [-0.25, -0.2) is 4.79 Å². The molecule has 1 aromatic carbocycles. The molecule has 0 heterocycles. The fourth-order valence-corrected chi connectivity index (χ4v) is 1.19. The van der Waals surface area contributed by atoms with Crippen LogP contribution >= 0.6 is 15.9 Å². The number of esters is 1. The van der Waals surface area contributed by atoms with Crippen LogP contribution in [0.25, 0.3) is 0 Å².